The first-order valence-corrected chi connectivity index (χ1v) is 11.9. The van der Waals surface area contributed by atoms with Gasteiger partial charge in [0.05, 0.1) is 12.0 Å². The first-order chi connectivity index (χ1) is 14.4. The zero-order valence-corrected chi connectivity index (χ0v) is 18.1. The van der Waals surface area contributed by atoms with E-state index in [0.29, 0.717) is 28.8 Å². The second-order valence-electron chi connectivity index (χ2n) is 8.46. The van der Waals surface area contributed by atoms with Crippen molar-refractivity contribution in [2.75, 3.05) is 11.8 Å². The number of hydrogen-bond acceptors (Lipinski definition) is 4. The molecule has 0 spiro atoms. The van der Waals surface area contributed by atoms with E-state index in [2.05, 4.69) is 17.0 Å². The lowest BCUT2D eigenvalue weighted by atomic mass is 9.84. The van der Waals surface area contributed by atoms with E-state index in [1.54, 1.807) is 43.5 Å². The van der Waals surface area contributed by atoms with Crippen molar-refractivity contribution in [3.05, 3.63) is 54.1 Å². The first kappa shape index (κ1) is 20.7. The van der Waals surface area contributed by atoms with E-state index in [1.165, 1.54) is 37.8 Å². The van der Waals surface area contributed by atoms with Crippen LogP contribution < -0.4 is 14.8 Å². The molecule has 2 aromatic carbocycles. The van der Waals surface area contributed by atoms with Gasteiger partial charge >= 0.3 is 0 Å². The fourth-order valence-electron chi connectivity index (χ4n) is 4.98. The van der Waals surface area contributed by atoms with Crippen molar-refractivity contribution in [1.82, 2.24) is 5.32 Å². The number of carbonyl (C=O) groups is 1. The molecule has 2 bridgehead atoms. The summed E-state index contributed by atoms with van der Waals surface area (Å²) in [4.78, 5) is 12.8. The van der Waals surface area contributed by atoms with Crippen molar-refractivity contribution >= 4 is 21.6 Å². The molecule has 2 N–H and O–H groups in total. The highest BCUT2D eigenvalue weighted by atomic mass is 32.2. The molecule has 0 radical (unpaired) electrons. The van der Waals surface area contributed by atoms with Gasteiger partial charge in [-0.25, -0.2) is 8.42 Å². The summed E-state index contributed by atoms with van der Waals surface area (Å²) >= 11 is 0. The fourth-order valence-corrected chi connectivity index (χ4v) is 6.09. The lowest BCUT2D eigenvalue weighted by molar-refractivity contribution is 0.0915. The maximum absolute atomic E-state index is 12.8. The van der Waals surface area contributed by atoms with Crippen LogP contribution in [0.1, 0.15) is 43.0 Å². The van der Waals surface area contributed by atoms with Crippen LogP contribution in [0.25, 0.3) is 0 Å². The Morgan fingerprint density at radius 2 is 1.87 bits per heavy atom. The molecule has 2 aliphatic carbocycles. The quantitative estimate of drug-likeness (QED) is 0.697. The summed E-state index contributed by atoms with van der Waals surface area (Å²) < 4.78 is 33.2. The minimum absolute atomic E-state index is 0.0542. The lowest BCUT2D eigenvalue weighted by Gasteiger charge is -2.28. The molecule has 4 rings (SSSR count). The molecular formula is C23H28N2O4S. The lowest BCUT2D eigenvalue weighted by Crippen LogP contribution is -2.40. The van der Waals surface area contributed by atoms with Gasteiger partial charge in [0.25, 0.3) is 15.9 Å². The van der Waals surface area contributed by atoms with Crippen LogP contribution in [0.4, 0.5) is 5.69 Å². The van der Waals surface area contributed by atoms with E-state index >= 15 is 0 Å². The smallest absolute Gasteiger partial charge is 0.261 e. The van der Waals surface area contributed by atoms with Crippen molar-refractivity contribution in [2.24, 2.45) is 17.8 Å². The van der Waals surface area contributed by atoms with Crippen molar-refractivity contribution < 1.29 is 17.9 Å². The third-order valence-electron chi connectivity index (χ3n) is 6.54. The van der Waals surface area contributed by atoms with Gasteiger partial charge < -0.3 is 10.1 Å². The summed E-state index contributed by atoms with van der Waals surface area (Å²) in [5, 5.41) is 3.10. The summed E-state index contributed by atoms with van der Waals surface area (Å²) in [5.74, 6) is 2.46. The molecule has 160 valence electrons. The molecule has 1 amide bonds. The number of ether oxygens (including phenoxy) is 1. The zero-order valence-electron chi connectivity index (χ0n) is 17.3. The molecular weight excluding hydrogens is 400 g/mol. The van der Waals surface area contributed by atoms with Crippen LogP contribution in [-0.4, -0.2) is 27.5 Å². The Balaban J connectivity index is 1.45. The Labute approximate surface area is 178 Å². The third-order valence-corrected chi connectivity index (χ3v) is 7.92. The Morgan fingerprint density at radius 1 is 1.10 bits per heavy atom. The van der Waals surface area contributed by atoms with Gasteiger partial charge in [0.1, 0.15) is 5.75 Å². The Morgan fingerprint density at radius 3 is 2.50 bits per heavy atom. The van der Waals surface area contributed by atoms with E-state index in [0.717, 1.165) is 5.92 Å². The largest absolute Gasteiger partial charge is 0.497 e. The second-order valence-corrected chi connectivity index (χ2v) is 10.1. The second kappa shape index (κ2) is 8.30. The average Bonchev–Trinajstić information content (AvgIpc) is 3.38. The van der Waals surface area contributed by atoms with Crippen LogP contribution in [0, 0.1) is 17.8 Å². The Bertz CT molecular complexity index is 1020. The Hall–Kier alpha value is -2.54. The SMILES string of the molecule is COc1ccc(NS(=O)(=O)c2cccc(C(=O)NC(C)C3CC4CCC3C4)c2)cc1. The highest BCUT2D eigenvalue weighted by Crippen LogP contribution is 2.49. The molecule has 4 atom stereocenters. The first-order valence-electron chi connectivity index (χ1n) is 10.4. The van der Waals surface area contributed by atoms with Crippen LogP contribution in [0.3, 0.4) is 0 Å². The van der Waals surface area contributed by atoms with Gasteiger partial charge in [-0.15, -0.1) is 0 Å². The molecule has 2 fully saturated rings. The number of nitrogens with one attached hydrogen (secondary N) is 2. The number of anilines is 1. The normalized spacial score (nSPS) is 23.7. The van der Waals surface area contributed by atoms with E-state index in [4.69, 9.17) is 4.74 Å². The molecule has 7 heteroatoms. The number of amides is 1. The molecule has 30 heavy (non-hydrogen) atoms. The number of carbonyl (C=O) groups excluding carboxylic acids is 1. The molecule has 0 aliphatic heterocycles. The van der Waals surface area contributed by atoms with Crippen molar-refractivity contribution in [1.29, 1.82) is 0 Å². The van der Waals surface area contributed by atoms with Crippen LogP contribution in [0.2, 0.25) is 0 Å². The molecule has 2 aliphatic rings. The van der Waals surface area contributed by atoms with E-state index in [-0.39, 0.29) is 16.8 Å². The maximum atomic E-state index is 12.8. The topological polar surface area (TPSA) is 84.5 Å². The predicted molar refractivity (Wildman–Crippen MR) is 116 cm³/mol. The number of sulfonamides is 1. The molecule has 0 saturated heterocycles. The number of rotatable bonds is 7. The average molecular weight is 429 g/mol. The number of hydrogen-bond donors (Lipinski definition) is 2. The standard InChI is InChI=1S/C23H28N2O4S/c1-15(22-13-16-6-7-17(22)12-16)24-23(26)18-4-3-5-21(14-18)30(27,28)25-19-8-10-20(29-2)11-9-19/h3-5,8-11,14-17,22,25H,6-7,12-13H2,1-2H3,(H,24,26). The van der Waals surface area contributed by atoms with Crippen LogP contribution in [-0.2, 0) is 10.0 Å². The fraction of sp³-hybridized carbons (Fsp3) is 0.435. The van der Waals surface area contributed by atoms with Crippen molar-refractivity contribution in [3.63, 3.8) is 0 Å². The molecule has 2 aromatic rings. The van der Waals surface area contributed by atoms with E-state index < -0.39 is 10.0 Å². The summed E-state index contributed by atoms with van der Waals surface area (Å²) in [6.07, 6.45) is 5.06. The molecule has 0 aromatic heterocycles. The molecule has 4 unspecified atom stereocenters. The highest BCUT2D eigenvalue weighted by Gasteiger charge is 2.42. The van der Waals surface area contributed by atoms with Gasteiger partial charge in [0.2, 0.25) is 0 Å². The summed E-state index contributed by atoms with van der Waals surface area (Å²) in [5.41, 5.74) is 0.776. The van der Waals surface area contributed by atoms with Gasteiger partial charge in [-0.3, -0.25) is 9.52 Å². The molecule has 6 nitrogen and oxygen atoms in total. The van der Waals surface area contributed by atoms with E-state index in [9.17, 15) is 13.2 Å². The van der Waals surface area contributed by atoms with Crippen LogP contribution in [0.15, 0.2) is 53.4 Å². The van der Waals surface area contributed by atoms with Gasteiger partial charge in [0, 0.05) is 17.3 Å². The minimum Gasteiger partial charge on any atom is -0.497 e. The van der Waals surface area contributed by atoms with Crippen LogP contribution in [0.5, 0.6) is 5.75 Å². The summed E-state index contributed by atoms with van der Waals surface area (Å²) in [6, 6.07) is 12.9. The van der Waals surface area contributed by atoms with Gasteiger partial charge in [-0.2, -0.15) is 0 Å². The summed E-state index contributed by atoms with van der Waals surface area (Å²) in [7, 11) is -2.26. The monoisotopic (exact) mass is 428 g/mol. The zero-order chi connectivity index (χ0) is 21.3. The van der Waals surface area contributed by atoms with E-state index in [1.807, 2.05) is 0 Å². The van der Waals surface area contributed by atoms with Gasteiger partial charge in [0.15, 0.2) is 0 Å². The van der Waals surface area contributed by atoms with Crippen molar-refractivity contribution in [2.45, 2.75) is 43.5 Å². The number of methoxy groups -OCH3 is 1. The van der Waals surface area contributed by atoms with Crippen LogP contribution >= 0.6 is 0 Å². The molecule has 0 heterocycles. The van der Waals surface area contributed by atoms with Crippen molar-refractivity contribution in [3.8, 4) is 5.75 Å². The highest BCUT2D eigenvalue weighted by molar-refractivity contribution is 7.92. The Kier molecular flexibility index (Phi) is 5.73. The van der Waals surface area contributed by atoms with Gasteiger partial charge in [-0.1, -0.05) is 12.5 Å². The third kappa shape index (κ3) is 4.31. The number of fused-ring (bicyclic) bond motifs is 2. The minimum atomic E-state index is -3.81. The maximum Gasteiger partial charge on any atom is 0.261 e. The van der Waals surface area contributed by atoms with Gasteiger partial charge in [-0.05, 0) is 86.4 Å². The molecule has 2 saturated carbocycles. The summed E-state index contributed by atoms with van der Waals surface area (Å²) in [6.45, 7) is 2.06. The number of benzene rings is 2. The predicted octanol–water partition coefficient (Wildman–Crippen LogP) is 4.05.